The van der Waals surface area contributed by atoms with Crippen molar-refractivity contribution in [1.82, 2.24) is 4.90 Å². The molecular weight excluding hydrogens is 278 g/mol. The lowest BCUT2D eigenvalue weighted by Gasteiger charge is -2.32. The van der Waals surface area contributed by atoms with Gasteiger partial charge in [0, 0.05) is 31.4 Å². The molecule has 1 aromatic rings. The highest BCUT2D eigenvalue weighted by molar-refractivity contribution is 5.89. The molecule has 2 amide bonds. The van der Waals surface area contributed by atoms with Gasteiger partial charge in [0.2, 0.25) is 11.8 Å². The van der Waals surface area contributed by atoms with Crippen LogP contribution in [0.2, 0.25) is 0 Å². The maximum Gasteiger partial charge on any atom is 0.244 e. The first kappa shape index (κ1) is 16.3. The predicted octanol–water partition coefficient (Wildman–Crippen LogP) is 2.70. The molecule has 1 saturated heterocycles. The molecule has 5 nitrogen and oxygen atoms in total. The second-order valence-electron chi connectivity index (χ2n) is 6.13. The van der Waals surface area contributed by atoms with E-state index in [1.807, 2.05) is 36.1 Å². The molecule has 0 radical (unpaired) electrons. The number of anilines is 2. The number of nitrogens with one attached hydrogen (secondary N) is 2. The molecule has 1 heterocycles. The summed E-state index contributed by atoms with van der Waals surface area (Å²) in [6.45, 7) is 7.32. The molecule has 120 valence electrons. The summed E-state index contributed by atoms with van der Waals surface area (Å²) >= 11 is 0. The molecule has 22 heavy (non-hydrogen) atoms. The summed E-state index contributed by atoms with van der Waals surface area (Å²) in [6, 6.07) is 7.13. The molecule has 0 saturated carbocycles. The SMILES string of the molecule is CC(=O)Nc1ccc(NC(C)C(=O)N2CCC(C)CC2)cc1. The molecule has 1 aliphatic heterocycles. The smallest absolute Gasteiger partial charge is 0.244 e. The summed E-state index contributed by atoms with van der Waals surface area (Å²) in [5.74, 6) is 0.773. The number of benzene rings is 1. The van der Waals surface area contributed by atoms with E-state index in [1.165, 1.54) is 6.92 Å². The Labute approximate surface area is 132 Å². The zero-order valence-corrected chi connectivity index (χ0v) is 13.6. The number of piperidine rings is 1. The first-order valence-corrected chi connectivity index (χ1v) is 7.88. The normalized spacial score (nSPS) is 17.0. The van der Waals surface area contributed by atoms with Crippen molar-refractivity contribution in [1.29, 1.82) is 0 Å². The molecule has 1 unspecified atom stereocenters. The summed E-state index contributed by atoms with van der Waals surface area (Å²) in [7, 11) is 0. The van der Waals surface area contributed by atoms with Crippen molar-refractivity contribution in [2.24, 2.45) is 5.92 Å². The Bertz CT molecular complexity index is 519. The van der Waals surface area contributed by atoms with Gasteiger partial charge in [-0.25, -0.2) is 0 Å². The van der Waals surface area contributed by atoms with Gasteiger partial charge in [-0.05, 0) is 49.9 Å². The molecule has 1 atom stereocenters. The fraction of sp³-hybridized carbons (Fsp3) is 0.529. The lowest BCUT2D eigenvalue weighted by atomic mass is 9.99. The van der Waals surface area contributed by atoms with E-state index in [0.717, 1.165) is 37.3 Å². The number of nitrogens with zero attached hydrogens (tertiary/aromatic N) is 1. The second kappa shape index (κ2) is 7.29. The summed E-state index contributed by atoms with van der Waals surface area (Å²) in [4.78, 5) is 25.4. The number of hydrogen-bond donors (Lipinski definition) is 2. The largest absolute Gasteiger partial charge is 0.374 e. The van der Waals surface area contributed by atoms with Crippen LogP contribution in [0.4, 0.5) is 11.4 Å². The highest BCUT2D eigenvalue weighted by atomic mass is 16.2. The van der Waals surface area contributed by atoms with Crippen LogP contribution in [0.5, 0.6) is 0 Å². The Morgan fingerprint density at radius 1 is 1.14 bits per heavy atom. The number of amides is 2. The number of hydrogen-bond acceptors (Lipinski definition) is 3. The molecule has 2 rings (SSSR count). The number of carbonyl (C=O) groups excluding carboxylic acids is 2. The van der Waals surface area contributed by atoms with E-state index in [9.17, 15) is 9.59 Å². The van der Waals surface area contributed by atoms with Gasteiger partial charge in [0.25, 0.3) is 0 Å². The van der Waals surface area contributed by atoms with Gasteiger partial charge in [0.15, 0.2) is 0 Å². The molecule has 0 bridgehead atoms. The molecule has 2 N–H and O–H groups in total. The lowest BCUT2D eigenvalue weighted by Crippen LogP contribution is -2.45. The maximum absolute atomic E-state index is 12.4. The third-order valence-electron chi connectivity index (χ3n) is 4.05. The first-order valence-electron chi connectivity index (χ1n) is 7.88. The van der Waals surface area contributed by atoms with Crippen LogP contribution in [0.1, 0.15) is 33.6 Å². The van der Waals surface area contributed by atoms with Gasteiger partial charge in [-0.1, -0.05) is 6.92 Å². The van der Waals surface area contributed by atoms with Gasteiger partial charge in [-0.15, -0.1) is 0 Å². The van der Waals surface area contributed by atoms with Crippen molar-refractivity contribution in [3.63, 3.8) is 0 Å². The summed E-state index contributed by atoms with van der Waals surface area (Å²) in [5, 5.41) is 5.95. The number of likely N-dealkylation sites (tertiary alicyclic amines) is 1. The van der Waals surface area contributed by atoms with E-state index < -0.39 is 0 Å². The highest BCUT2D eigenvalue weighted by Crippen LogP contribution is 2.18. The third-order valence-corrected chi connectivity index (χ3v) is 4.05. The van der Waals surface area contributed by atoms with Gasteiger partial charge in [-0.3, -0.25) is 9.59 Å². The summed E-state index contributed by atoms with van der Waals surface area (Å²) in [5.41, 5.74) is 1.63. The van der Waals surface area contributed by atoms with E-state index in [2.05, 4.69) is 17.6 Å². The molecule has 0 spiro atoms. The zero-order valence-electron chi connectivity index (χ0n) is 13.6. The van der Waals surface area contributed by atoms with E-state index in [4.69, 9.17) is 0 Å². The predicted molar refractivity (Wildman–Crippen MR) is 88.8 cm³/mol. The quantitative estimate of drug-likeness (QED) is 0.899. The van der Waals surface area contributed by atoms with Crippen molar-refractivity contribution >= 4 is 23.2 Å². The Hall–Kier alpha value is -2.04. The van der Waals surface area contributed by atoms with Crippen molar-refractivity contribution in [3.8, 4) is 0 Å². The van der Waals surface area contributed by atoms with E-state index >= 15 is 0 Å². The standard InChI is InChI=1S/C17H25N3O2/c1-12-8-10-20(11-9-12)17(22)13(2)18-15-4-6-16(7-5-15)19-14(3)21/h4-7,12-13,18H,8-11H2,1-3H3,(H,19,21). The first-order chi connectivity index (χ1) is 10.5. The summed E-state index contributed by atoms with van der Waals surface area (Å²) < 4.78 is 0. The topological polar surface area (TPSA) is 61.4 Å². The monoisotopic (exact) mass is 303 g/mol. The van der Waals surface area contributed by atoms with Crippen LogP contribution in [0.25, 0.3) is 0 Å². The Balaban J connectivity index is 1.89. The maximum atomic E-state index is 12.4. The molecule has 1 aliphatic rings. The van der Waals surface area contributed by atoms with Crippen LogP contribution in [-0.2, 0) is 9.59 Å². The van der Waals surface area contributed by atoms with E-state index in [-0.39, 0.29) is 17.9 Å². The molecule has 0 aromatic heterocycles. The lowest BCUT2D eigenvalue weighted by molar-refractivity contribution is -0.133. The molecular formula is C17H25N3O2. The second-order valence-corrected chi connectivity index (χ2v) is 6.13. The number of carbonyl (C=O) groups is 2. The number of rotatable bonds is 4. The van der Waals surface area contributed by atoms with Crippen LogP contribution in [0.3, 0.4) is 0 Å². The van der Waals surface area contributed by atoms with Crippen molar-refractivity contribution < 1.29 is 9.59 Å². The van der Waals surface area contributed by atoms with Gasteiger partial charge < -0.3 is 15.5 Å². The van der Waals surface area contributed by atoms with Crippen molar-refractivity contribution in [2.45, 2.75) is 39.7 Å². The summed E-state index contributed by atoms with van der Waals surface area (Å²) in [6.07, 6.45) is 2.17. The fourth-order valence-electron chi connectivity index (χ4n) is 2.67. The van der Waals surface area contributed by atoms with Gasteiger partial charge in [-0.2, -0.15) is 0 Å². The zero-order chi connectivity index (χ0) is 16.1. The van der Waals surface area contributed by atoms with Gasteiger partial charge >= 0.3 is 0 Å². The fourth-order valence-corrected chi connectivity index (χ4v) is 2.67. The van der Waals surface area contributed by atoms with Crippen molar-refractivity contribution in [3.05, 3.63) is 24.3 Å². The molecule has 0 aliphatic carbocycles. The van der Waals surface area contributed by atoms with Crippen LogP contribution in [0, 0.1) is 5.92 Å². The van der Waals surface area contributed by atoms with E-state index in [0.29, 0.717) is 5.92 Å². The van der Waals surface area contributed by atoms with Gasteiger partial charge in [0.1, 0.15) is 6.04 Å². The van der Waals surface area contributed by atoms with Crippen LogP contribution < -0.4 is 10.6 Å². The molecule has 5 heteroatoms. The minimum atomic E-state index is -0.250. The van der Waals surface area contributed by atoms with Crippen molar-refractivity contribution in [2.75, 3.05) is 23.7 Å². The average Bonchev–Trinajstić information content (AvgIpc) is 2.49. The Kier molecular flexibility index (Phi) is 5.41. The molecule has 1 aromatic carbocycles. The average molecular weight is 303 g/mol. The van der Waals surface area contributed by atoms with Gasteiger partial charge in [0.05, 0.1) is 0 Å². The third kappa shape index (κ3) is 4.48. The van der Waals surface area contributed by atoms with Crippen LogP contribution >= 0.6 is 0 Å². The van der Waals surface area contributed by atoms with Crippen LogP contribution in [0.15, 0.2) is 24.3 Å². The minimum Gasteiger partial charge on any atom is -0.374 e. The van der Waals surface area contributed by atoms with E-state index in [1.54, 1.807) is 0 Å². The van der Waals surface area contributed by atoms with Crippen LogP contribution in [-0.4, -0.2) is 35.8 Å². The Morgan fingerprint density at radius 2 is 1.68 bits per heavy atom. The molecule has 1 fully saturated rings. The minimum absolute atomic E-state index is 0.0939. The highest BCUT2D eigenvalue weighted by Gasteiger charge is 2.24. The Morgan fingerprint density at radius 3 is 2.23 bits per heavy atom.